The van der Waals surface area contributed by atoms with Gasteiger partial charge in [-0.15, -0.1) is 0 Å². The van der Waals surface area contributed by atoms with Crippen LogP contribution in [-0.4, -0.2) is 30.2 Å². The van der Waals surface area contributed by atoms with Crippen LogP contribution in [0.1, 0.15) is 37.0 Å². The molecule has 0 saturated carbocycles. The van der Waals surface area contributed by atoms with Gasteiger partial charge in [-0.2, -0.15) is 0 Å². The maximum atomic E-state index is 12.4. The summed E-state index contributed by atoms with van der Waals surface area (Å²) in [7, 11) is 0. The fourth-order valence-electron chi connectivity index (χ4n) is 2.16. The molecule has 7 heteroatoms. The number of imidazole rings is 1. The second-order valence-corrected chi connectivity index (χ2v) is 6.84. The van der Waals surface area contributed by atoms with E-state index in [4.69, 9.17) is 0 Å². The smallest absolute Gasteiger partial charge is 0.274 e. The molecule has 0 radical (unpaired) electrons. The van der Waals surface area contributed by atoms with Crippen molar-refractivity contribution in [3.05, 3.63) is 35.4 Å². The van der Waals surface area contributed by atoms with Gasteiger partial charge in [0.15, 0.2) is 11.3 Å². The Bertz CT molecular complexity index is 830. The van der Waals surface area contributed by atoms with Crippen LogP contribution in [0.25, 0.3) is 16.9 Å². The third-order valence-electron chi connectivity index (χ3n) is 3.13. The lowest BCUT2D eigenvalue weighted by Crippen LogP contribution is -2.40. The van der Waals surface area contributed by atoms with Gasteiger partial charge in [-0.05, 0) is 45.3 Å². The first-order valence-corrected chi connectivity index (χ1v) is 7.76. The zero-order valence-corrected chi connectivity index (χ0v) is 13.7. The summed E-state index contributed by atoms with van der Waals surface area (Å²) in [4.78, 5) is 21.2. The van der Waals surface area contributed by atoms with Crippen molar-refractivity contribution in [3.8, 4) is 11.3 Å². The standard InChI is InChI=1S/C15H17N5OS/c1-9-5-11(10-6-17-22-7-10)18-13-12(16-8-20(9)13)14(21)19-15(2,3)4/h5-8H,1-4H3,(H,19,21). The van der Waals surface area contributed by atoms with Crippen LogP contribution in [0.5, 0.6) is 0 Å². The predicted octanol–water partition coefficient (Wildman–Crippen LogP) is 2.69. The number of aromatic nitrogens is 4. The van der Waals surface area contributed by atoms with Gasteiger partial charge in [-0.3, -0.25) is 9.20 Å². The van der Waals surface area contributed by atoms with E-state index in [-0.39, 0.29) is 11.4 Å². The monoisotopic (exact) mass is 315 g/mol. The Morgan fingerprint density at radius 3 is 2.77 bits per heavy atom. The summed E-state index contributed by atoms with van der Waals surface area (Å²) in [6.07, 6.45) is 3.40. The number of hydrogen-bond donors (Lipinski definition) is 1. The van der Waals surface area contributed by atoms with Crippen molar-refractivity contribution in [1.82, 2.24) is 24.1 Å². The molecule has 1 amide bonds. The van der Waals surface area contributed by atoms with Crippen LogP contribution in [0.15, 0.2) is 24.0 Å². The zero-order valence-electron chi connectivity index (χ0n) is 12.9. The molecule has 0 unspecified atom stereocenters. The van der Waals surface area contributed by atoms with Gasteiger partial charge in [0.25, 0.3) is 5.91 Å². The highest BCUT2D eigenvalue weighted by Crippen LogP contribution is 2.22. The molecule has 0 aromatic carbocycles. The number of nitrogens with one attached hydrogen (secondary N) is 1. The molecule has 0 atom stereocenters. The first kappa shape index (κ1) is 14.6. The van der Waals surface area contributed by atoms with Crippen LogP contribution in [0, 0.1) is 6.92 Å². The van der Waals surface area contributed by atoms with Gasteiger partial charge in [0.1, 0.15) is 6.33 Å². The van der Waals surface area contributed by atoms with Crippen molar-refractivity contribution >= 4 is 23.1 Å². The number of amides is 1. The third-order valence-corrected chi connectivity index (χ3v) is 3.71. The van der Waals surface area contributed by atoms with Crippen LogP contribution in [0.2, 0.25) is 0 Å². The van der Waals surface area contributed by atoms with E-state index in [1.165, 1.54) is 11.5 Å². The summed E-state index contributed by atoms with van der Waals surface area (Å²) in [6, 6.07) is 1.96. The van der Waals surface area contributed by atoms with E-state index in [1.54, 1.807) is 12.5 Å². The number of fused-ring (bicyclic) bond motifs is 1. The number of aryl methyl sites for hydroxylation is 1. The van der Waals surface area contributed by atoms with Crippen molar-refractivity contribution in [3.63, 3.8) is 0 Å². The predicted molar refractivity (Wildman–Crippen MR) is 86.1 cm³/mol. The molecular weight excluding hydrogens is 298 g/mol. The maximum absolute atomic E-state index is 12.4. The SMILES string of the molecule is Cc1cc(-c2cnsc2)nc2c(C(=O)NC(C)(C)C)ncn12. The molecule has 3 aromatic rings. The molecule has 3 rings (SSSR count). The van der Waals surface area contributed by atoms with Gasteiger partial charge in [-0.25, -0.2) is 14.3 Å². The van der Waals surface area contributed by atoms with Gasteiger partial charge in [0, 0.05) is 22.2 Å². The fourth-order valence-corrected chi connectivity index (χ4v) is 2.69. The van der Waals surface area contributed by atoms with Crippen molar-refractivity contribution in [2.75, 3.05) is 0 Å². The molecule has 0 aliphatic heterocycles. The van der Waals surface area contributed by atoms with Gasteiger partial charge in [0.05, 0.1) is 11.9 Å². The van der Waals surface area contributed by atoms with Crippen LogP contribution >= 0.6 is 11.5 Å². The van der Waals surface area contributed by atoms with Crippen LogP contribution in [-0.2, 0) is 0 Å². The lowest BCUT2D eigenvalue weighted by atomic mass is 10.1. The van der Waals surface area contributed by atoms with E-state index in [2.05, 4.69) is 19.7 Å². The van der Waals surface area contributed by atoms with E-state index in [0.717, 1.165) is 17.0 Å². The molecular formula is C15H17N5OS. The molecule has 22 heavy (non-hydrogen) atoms. The molecule has 3 aromatic heterocycles. The van der Waals surface area contributed by atoms with E-state index < -0.39 is 0 Å². The molecule has 0 bridgehead atoms. The molecule has 0 aliphatic carbocycles. The first-order chi connectivity index (χ1) is 10.3. The number of nitrogens with zero attached hydrogens (tertiary/aromatic N) is 4. The van der Waals surface area contributed by atoms with Gasteiger partial charge >= 0.3 is 0 Å². The van der Waals surface area contributed by atoms with Crippen molar-refractivity contribution in [2.45, 2.75) is 33.2 Å². The number of carbonyl (C=O) groups excluding carboxylic acids is 1. The summed E-state index contributed by atoms with van der Waals surface area (Å²) in [6.45, 7) is 7.77. The highest BCUT2D eigenvalue weighted by atomic mass is 32.1. The van der Waals surface area contributed by atoms with Crippen LogP contribution in [0.4, 0.5) is 0 Å². The average molecular weight is 315 g/mol. The Morgan fingerprint density at radius 1 is 1.36 bits per heavy atom. The van der Waals surface area contributed by atoms with Crippen molar-refractivity contribution in [2.24, 2.45) is 0 Å². The van der Waals surface area contributed by atoms with Gasteiger partial charge in [0.2, 0.25) is 0 Å². The lowest BCUT2D eigenvalue weighted by Gasteiger charge is -2.19. The van der Waals surface area contributed by atoms with Crippen molar-refractivity contribution < 1.29 is 4.79 Å². The minimum atomic E-state index is -0.322. The number of carbonyl (C=O) groups is 1. The average Bonchev–Trinajstić information content (AvgIpc) is 3.05. The molecule has 1 N–H and O–H groups in total. The van der Waals surface area contributed by atoms with E-state index in [0.29, 0.717) is 11.3 Å². The molecule has 114 valence electrons. The normalized spacial score (nSPS) is 11.8. The zero-order chi connectivity index (χ0) is 15.9. The minimum absolute atomic E-state index is 0.220. The Morgan fingerprint density at radius 2 is 2.14 bits per heavy atom. The Labute approximate surface area is 132 Å². The summed E-state index contributed by atoms with van der Waals surface area (Å²) in [5.74, 6) is -0.220. The van der Waals surface area contributed by atoms with Crippen molar-refractivity contribution in [1.29, 1.82) is 0 Å². The third kappa shape index (κ3) is 2.71. The largest absolute Gasteiger partial charge is 0.346 e. The van der Waals surface area contributed by atoms with Gasteiger partial charge in [-0.1, -0.05) is 0 Å². The second-order valence-electron chi connectivity index (χ2n) is 6.19. The topological polar surface area (TPSA) is 72.2 Å². The molecule has 0 saturated heterocycles. The Kier molecular flexibility index (Phi) is 3.44. The van der Waals surface area contributed by atoms with Crippen LogP contribution < -0.4 is 5.32 Å². The molecule has 0 spiro atoms. The van der Waals surface area contributed by atoms with Gasteiger partial charge < -0.3 is 5.32 Å². The Hall–Kier alpha value is -2.28. The lowest BCUT2D eigenvalue weighted by molar-refractivity contribution is 0.0916. The second kappa shape index (κ2) is 5.17. The summed E-state index contributed by atoms with van der Waals surface area (Å²) in [5.41, 5.74) is 3.28. The summed E-state index contributed by atoms with van der Waals surface area (Å²) in [5, 5.41) is 4.86. The van der Waals surface area contributed by atoms with Crippen LogP contribution in [0.3, 0.4) is 0 Å². The quantitative estimate of drug-likeness (QED) is 0.789. The summed E-state index contributed by atoms with van der Waals surface area (Å²) < 4.78 is 5.92. The first-order valence-electron chi connectivity index (χ1n) is 6.92. The number of hydrogen-bond acceptors (Lipinski definition) is 5. The maximum Gasteiger partial charge on any atom is 0.274 e. The summed E-state index contributed by atoms with van der Waals surface area (Å²) >= 11 is 1.37. The number of rotatable bonds is 2. The van der Waals surface area contributed by atoms with E-state index >= 15 is 0 Å². The van der Waals surface area contributed by atoms with E-state index in [1.807, 2.05) is 43.5 Å². The Balaban J connectivity index is 2.11. The highest BCUT2D eigenvalue weighted by Gasteiger charge is 2.21. The molecule has 3 heterocycles. The fraction of sp³-hybridized carbons (Fsp3) is 0.333. The minimum Gasteiger partial charge on any atom is -0.346 e. The molecule has 6 nitrogen and oxygen atoms in total. The molecule has 0 aliphatic rings. The molecule has 0 fully saturated rings. The van der Waals surface area contributed by atoms with E-state index in [9.17, 15) is 4.79 Å². The highest BCUT2D eigenvalue weighted by molar-refractivity contribution is 7.03.